The molecular formula is C12H14N4S. The topological polar surface area (TPSA) is 67.6 Å². The fourth-order valence-corrected chi connectivity index (χ4v) is 3.29. The van der Waals surface area contributed by atoms with E-state index in [1.54, 1.807) is 11.8 Å². The summed E-state index contributed by atoms with van der Waals surface area (Å²) >= 11 is 1.67. The molecule has 4 nitrogen and oxygen atoms in total. The van der Waals surface area contributed by atoms with Crippen LogP contribution in [0.25, 0.3) is 0 Å². The van der Waals surface area contributed by atoms with Crippen LogP contribution in [0.4, 0.5) is 5.95 Å². The van der Waals surface area contributed by atoms with Crippen LogP contribution in [0, 0.1) is 0 Å². The highest BCUT2D eigenvalue weighted by molar-refractivity contribution is 7.99. The summed E-state index contributed by atoms with van der Waals surface area (Å²) in [4.78, 5) is 4.10. The van der Waals surface area contributed by atoms with E-state index in [2.05, 4.69) is 39.4 Å². The summed E-state index contributed by atoms with van der Waals surface area (Å²) in [5, 5.41) is 7.44. The first-order chi connectivity index (χ1) is 8.33. The van der Waals surface area contributed by atoms with Crippen molar-refractivity contribution in [2.45, 2.75) is 23.9 Å². The largest absolute Gasteiger partial charge is 0.368 e. The van der Waals surface area contributed by atoms with Crippen LogP contribution in [0.1, 0.15) is 23.5 Å². The second kappa shape index (κ2) is 4.41. The summed E-state index contributed by atoms with van der Waals surface area (Å²) < 4.78 is 0. The Labute approximate surface area is 104 Å². The molecule has 0 fully saturated rings. The van der Waals surface area contributed by atoms with Crippen LogP contribution in [-0.2, 0) is 6.42 Å². The smallest absolute Gasteiger partial charge is 0.216 e. The lowest BCUT2D eigenvalue weighted by molar-refractivity contribution is 0.755. The zero-order chi connectivity index (χ0) is 11.7. The van der Waals surface area contributed by atoms with Gasteiger partial charge in [0.05, 0.1) is 0 Å². The first kappa shape index (κ1) is 10.7. The molecule has 1 aliphatic rings. The predicted octanol–water partition coefficient (Wildman–Crippen LogP) is 2.21. The number of aromatic nitrogens is 3. The molecule has 3 N–H and O–H groups in total. The number of fused-ring (bicyclic) bond motifs is 1. The minimum atomic E-state index is 0.388. The maximum absolute atomic E-state index is 5.50. The number of H-pyrrole nitrogens is 1. The molecule has 1 aliphatic carbocycles. The number of benzene rings is 1. The normalized spacial score (nSPS) is 18.2. The van der Waals surface area contributed by atoms with Crippen molar-refractivity contribution in [3.05, 3.63) is 35.4 Å². The van der Waals surface area contributed by atoms with Crippen LogP contribution < -0.4 is 5.73 Å². The maximum atomic E-state index is 5.50. The van der Waals surface area contributed by atoms with E-state index in [0.29, 0.717) is 11.9 Å². The van der Waals surface area contributed by atoms with Gasteiger partial charge in [0.15, 0.2) is 0 Å². The minimum absolute atomic E-state index is 0.388. The number of nitrogens with two attached hydrogens (primary N) is 1. The molecule has 2 aromatic rings. The third-order valence-corrected chi connectivity index (χ3v) is 4.16. The van der Waals surface area contributed by atoms with Gasteiger partial charge in [0.1, 0.15) is 0 Å². The summed E-state index contributed by atoms with van der Waals surface area (Å²) in [6.07, 6.45) is 2.42. The van der Waals surface area contributed by atoms with Crippen molar-refractivity contribution in [3.8, 4) is 0 Å². The number of aromatic amines is 1. The van der Waals surface area contributed by atoms with Crippen molar-refractivity contribution < 1.29 is 0 Å². The summed E-state index contributed by atoms with van der Waals surface area (Å²) in [6.45, 7) is 0. The van der Waals surface area contributed by atoms with Crippen molar-refractivity contribution in [1.82, 2.24) is 15.2 Å². The second-order valence-corrected chi connectivity index (χ2v) is 5.24. The Balaban J connectivity index is 1.68. The Morgan fingerprint density at radius 1 is 1.41 bits per heavy atom. The molecule has 17 heavy (non-hydrogen) atoms. The fraction of sp³-hybridized carbons (Fsp3) is 0.333. The van der Waals surface area contributed by atoms with E-state index in [1.807, 2.05) is 0 Å². The molecule has 1 aromatic carbocycles. The predicted molar refractivity (Wildman–Crippen MR) is 69.0 cm³/mol. The van der Waals surface area contributed by atoms with Gasteiger partial charge in [-0.25, -0.2) is 5.10 Å². The van der Waals surface area contributed by atoms with E-state index < -0.39 is 0 Å². The van der Waals surface area contributed by atoms with Crippen LogP contribution in [0.15, 0.2) is 29.4 Å². The Hall–Kier alpha value is -1.49. The van der Waals surface area contributed by atoms with E-state index in [0.717, 1.165) is 10.9 Å². The van der Waals surface area contributed by atoms with Crippen LogP contribution in [0.3, 0.4) is 0 Å². The van der Waals surface area contributed by atoms with Crippen molar-refractivity contribution >= 4 is 17.7 Å². The molecular weight excluding hydrogens is 232 g/mol. The lowest BCUT2D eigenvalue weighted by atomic mass is 10.0. The van der Waals surface area contributed by atoms with Gasteiger partial charge in [-0.15, -0.1) is 5.10 Å². The van der Waals surface area contributed by atoms with Gasteiger partial charge in [-0.3, -0.25) is 0 Å². The molecule has 1 atom stereocenters. The average Bonchev–Trinajstić information content (AvgIpc) is 2.93. The molecule has 5 heteroatoms. The van der Waals surface area contributed by atoms with Crippen LogP contribution >= 0.6 is 11.8 Å². The molecule has 88 valence electrons. The van der Waals surface area contributed by atoms with Crippen molar-refractivity contribution in [1.29, 1.82) is 0 Å². The fourth-order valence-electron chi connectivity index (χ4n) is 2.32. The summed E-state index contributed by atoms with van der Waals surface area (Å²) in [7, 11) is 0. The highest BCUT2D eigenvalue weighted by Gasteiger charge is 2.22. The monoisotopic (exact) mass is 246 g/mol. The number of nitrogen functional groups attached to an aromatic ring is 1. The molecule has 0 bridgehead atoms. The third-order valence-electron chi connectivity index (χ3n) is 3.15. The minimum Gasteiger partial charge on any atom is -0.368 e. The Morgan fingerprint density at radius 2 is 2.29 bits per heavy atom. The van der Waals surface area contributed by atoms with Crippen molar-refractivity contribution in [2.24, 2.45) is 0 Å². The highest BCUT2D eigenvalue weighted by atomic mass is 32.2. The summed E-state index contributed by atoms with van der Waals surface area (Å²) in [5.74, 6) is 2.03. The number of anilines is 1. The lowest BCUT2D eigenvalue weighted by Gasteiger charge is -2.09. The SMILES string of the molecule is Nc1nc(SCC2CCc3ccccc32)n[nH]1. The average molecular weight is 246 g/mol. The first-order valence-electron chi connectivity index (χ1n) is 5.71. The van der Waals surface area contributed by atoms with E-state index in [-0.39, 0.29) is 0 Å². The van der Waals surface area contributed by atoms with Crippen LogP contribution in [-0.4, -0.2) is 20.9 Å². The molecule has 0 saturated carbocycles. The van der Waals surface area contributed by atoms with Crippen LogP contribution in [0.5, 0.6) is 0 Å². The van der Waals surface area contributed by atoms with E-state index in [4.69, 9.17) is 5.73 Å². The number of aryl methyl sites for hydroxylation is 1. The van der Waals surface area contributed by atoms with Gasteiger partial charge < -0.3 is 5.73 Å². The molecule has 1 aromatic heterocycles. The number of hydrogen-bond acceptors (Lipinski definition) is 4. The highest BCUT2D eigenvalue weighted by Crippen LogP contribution is 2.36. The third kappa shape index (κ3) is 2.15. The van der Waals surface area contributed by atoms with Gasteiger partial charge >= 0.3 is 0 Å². The summed E-state index contributed by atoms with van der Waals surface area (Å²) in [5.41, 5.74) is 8.48. The van der Waals surface area contributed by atoms with Crippen LogP contribution in [0.2, 0.25) is 0 Å². The first-order valence-corrected chi connectivity index (χ1v) is 6.70. The quantitative estimate of drug-likeness (QED) is 0.815. The molecule has 1 unspecified atom stereocenters. The van der Waals surface area contributed by atoms with Gasteiger partial charge in [0.2, 0.25) is 11.1 Å². The molecule has 0 spiro atoms. The number of thioether (sulfide) groups is 1. The number of hydrogen-bond donors (Lipinski definition) is 2. The molecule has 1 heterocycles. The Bertz CT molecular complexity index is 523. The number of nitrogens with zero attached hydrogens (tertiary/aromatic N) is 2. The molecule has 0 radical (unpaired) electrons. The van der Waals surface area contributed by atoms with Gasteiger partial charge in [-0.1, -0.05) is 36.0 Å². The maximum Gasteiger partial charge on any atom is 0.216 e. The Morgan fingerprint density at radius 3 is 3.12 bits per heavy atom. The molecule has 0 aliphatic heterocycles. The van der Waals surface area contributed by atoms with Gasteiger partial charge in [-0.2, -0.15) is 4.98 Å². The second-order valence-electron chi connectivity index (χ2n) is 4.25. The van der Waals surface area contributed by atoms with Crippen molar-refractivity contribution in [3.63, 3.8) is 0 Å². The van der Waals surface area contributed by atoms with E-state index in [1.165, 1.54) is 24.0 Å². The molecule has 0 saturated heterocycles. The zero-order valence-electron chi connectivity index (χ0n) is 9.39. The zero-order valence-corrected chi connectivity index (χ0v) is 10.2. The van der Waals surface area contributed by atoms with E-state index in [9.17, 15) is 0 Å². The number of nitrogens with one attached hydrogen (secondary N) is 1. The summed E-state index contributed by atoms with van der Waals surface area (Å²) in [6, 6.07) is 8.70. The lowest BCUT2D eigenvalue weighted by Crippen LogP contribution is -1.97. The Kier molecular flexibility index (Phi) is 2.76. The number of rotatable bonds is 3. The van der Waals surface area contributed by atoms with E-state index >= 15 is 0 Å². The van der Waals surface area contributed by atoms with Crippen molar-refractivity contribution in [2.75, 3.05) is 11.5 Å². The van der Waals surface area contributed by atoms with Gasteiger partial charge in [0.25, 0.3) is 0 Å². The standard InChI is InChI=1S/C12H14N4S/c13-11-14-12(16-15-11)17-7-9-6-5-8-3-1-2-4-10(8)9/h1-4,9H,5-7H2,(H3,13,14,15,16). The molecule has 3 rings (SSSR count). The molecule has 0 amide bonds. The van der Waals surface area contributed by atoms with Gasteiger partial charge in [-0.05, 0) is 29.9 Å². The van der Waals surface area contributed by atoms with Gasteiger partial charge in [0, 0.05) is 5.75 Å².